The highest BCUT2D eigenvalue weighted by atomic mass is 35.5. The van der Waals surface area contributed by atoms with Crippen molar-refractivity contribution in [2.24, 2.45) is 0 Å². The average molecular weight is 469 g/mol. The fourth-order valence-electron chi connectivity index (χ4n) is 4.26. The zero-order chi connectivity index (χ0) is 23.2. The number of anilines is 1. The number of nitrogens with zero attached hydrogens (tertiary/aromatic N) is 5. The normalized spacial score (nSPS) is 17.3. The number of nitrogens with one attached hydrogen (secondary N) is 1. The van der Waals surface area contributed by atoms with Crippen molar-refractivity contribution in [2.75, 3.05) is 31.5 Å². The molecular weight excluding hydrogens is 444 g/mol. The number of carbonyl (C=O) groups excluding carboxylic acids is 2. The topological polar surface area (TPSA) is 111 Å². The van der Waals surface area contributed by atoms with E-state index in [1.54, 1.807) is 11.0 Å². The number of amides is 2. The molecule has 2 aromatic rings. The molecule has 2 saturated heterocycles. The number of benzene rings is 1. The molecule has 0 atom stereocenters. The minimum atomic E-state index is -0.553. The molecule has 1 aromatic heterocycles. The van der Waals surface area contributed by atoms with Crippen LogP contribution in [-0.4, -0.2) is 64.0 Å². The number of aromatic nitrogens is 2. The molecular formula is C23H25ClN6O3. The molecule has 0 saturated carbocycles. The lowest BCUT2D eigenvalue weighted by atomic mass is 10.0. The first-order valence-corrected chi connectivity index (χ1v) is 11.4. The van der Waals surface area contributed by atoms with Gasteiger partial charge in [0.15, 0.2) is 11.5 Å². The van der Waals surface area contributed by atoms with Crippen molar-refractivity contribution in [3.63, 3.8) is 0 Å². The van der Waals surface area contributed by atoms with Gasteiger partial charge in [-0.25, -0.2) is 14.8 Å². The van der Waals surface area contributed by atoms with Crippen LogP contribution >= 0.6 is 11.6 Å². The first-order valence-electron chi connectivity index (χ1n) is 11.1. The Morgan fingerprint density at radius 1 is 1.09 bits per heavy atom. The van der Waals surface area contributed by atoms with Crippen LogP contribution in [0.4, 0.5) is 10.6 Å². The standard InChI is InChI=1S/C23H25ClN6O3/c24-16-4-5-20(19(12-16)22(31)28-21-15-26-17(13-25)14-27-21)33-23(32)30-10-6-18(7-11-30)29-8-2-1-3-9-29/h4-5,12,14-15,18H,1-3,6-11H2,(H,27,28,31). The van der Waals surface area contributed by atoms with E-state index in [9.17, 15) is 9.59 Å². The molecule has 0 radical (unpaired) electrons. The van der Waals surface area contributed by atoms with Gasteiger partial charge < -0.3 is 19.9 Å². The SMILES string of the molecule is N#Cc1cnc(NC(=O)c2cc(Cl)ccc2OC(=O)N2CCC(N3CCCCC3)CC2)cn1. The third-order valence-electron chi connectivity index (χ3n) is 6.02. The summed E-state index contributed by atoms with van der Waals surface area (Å²) in [5.74, 6) is -0.277. The van der Waals surface area contributed by atoms with Crippen LogP contribution in [0.5, 0.6) is 5.75 Å². The van der Waals surface area contributed by atoms with Crippen molar-refractivity contribution in [1.29, 1.82) is 5.26 Å². The van der Waals surface area contributed by atoms with Crippen LogP contribution in [0.3, 0.4) is 0 Å². The number of likely N-dealkylation sites (tertiary alicyclic amines) is 2. The summed E-state index contributed by atoms with van der Waals surface area (Å²) in [5, 5.41) is 11.7. The molecule has 9 nitrogen and oxygen atoms in total. The second-order valence-corrected chi connectivity index (χ2v) is 8.61. The van der Waals surface area contributed by atoms with Crippen LogP contribution in [0.2, 0.25) is 5.02 Å². The summed E-state index contributed by atoms with van der Waals surface area (Å²) in [4.78, 5) is 37.7. The van der Waals surface area contributed by atoms with E-state index in [-0.39, 0.29) is 22.8 Å². The van der Waals surface area contributed by atoms with Gasteiger partial charge in [0.1, 0.15) is 11.8 Å². The van der Waals surface area contributed by atoms with Crippen LogP contribution in [0.1, 0.15) is 48.2 Å². The van der Waals surface area contributed by atoms with E-state index in [1.165, 1.54) is 43.8 Å². The number of hydrogen-bond donors (Lipinski definition) is 1. The third-order valence-corrected chi connectivity index (χ3v) is 6.26. The molecule has 3 heterocycles. The maximum atomic E-state index is 12.8. The average Bonchev–Trinajstić information content (AvgIpc) is 2.86. The van der Waals surface area contributed by atoms with Crippen LogP contribution in [0.25, 0.3) is 0 Å². The maximum absolute atomic E-state index is 12.8. The zero-order valence-electron chi connectivity index (χ0n) is 18.2. The van der Waals surface area contributed by atoms with Gasteiger partial charge in [0, 0.05) is 24.2 Å². The molecule has 2 aliphatic heterocycles. The lowest BCUT2D eigenvalue weighted by Crippen LogP contribution is -2.48. The van der Waals surface area contributed by atoms with Gasteiger partial charge in [-0.3, -0.25) is 4.79 Å². The van der Waals surface area contributed by atoms with Gasteiger partial charge in [0.05, 0.1) is 18.0 Å². The highest BCUT2D eigenvalue weighted by molar-refractivity contribution is 6.31. The first-order chi connectivity index (χ1) is 16.0. The number of rotatable bonds is 4. The summed E-state index contributed by atoms with van der Waals surface area (Å²) < 4.78 is 5.59. The molecule has 0 bridgehead atoms. The lowest BCUT2D eigenvalue weighted by molar-refractivity contribution is 0.0875. The number of piperidine rings is 2. The Kier molecular flexibility index (Phi) is 7.37. The summed E-state index contributed by atoms with van der Waals surface area (Å²) in [5.41, 5.74) is 0.236. The van der Waals surface area contributed by atoms with Crippen LogP contribution in [-0.2, 0) is 0 Å². The quantitative estimate of drug-likeness (QED) is 0.727. The molecule has 10 heteroatoms. The lowest BCUT2D eigenvalue weighted by Gasteiger charge is -2.39. The molecule has 172 valence electrons. The summed E-state index contributed by atoms with van der Waals surface area (Å²) in [6, 6.07) is 6.87. The van der Waals surface area contributed by atoms with Crippen molar-refractivity contribution >= 4 is 29.4 Å². The Morgan fingerprint density at radius 3 is 2.52 bits per heavy atom. The van der Waals surface area contributed by atoms with Gasteiger partial charge in [-0.15, -0.1) is 0 Å². The van der Waals surface area contributed by atoms with Crippen LogP contribution in [0, 0.1) is 11.3 Å². The predicted molar refractivity (Wildman–Crippen MR) is 122 cm³/mol. The van der Waals surface area contributed by atoms with Gasteiger partial charge in [-0.05, 0) is 57.0 Å². The Hall–Kier alpha value is -3.22. The molecule has 2 aliphatic rings. The minimum Gasteiger partial charge on any atom is -0.409 e. The molecule has 0 unspecified atom stereocenters. The molecule has 2 fully saturated rings. The monoisotopic (exact) mass is 468 g/mol. The Morgan fingerprint density at radius 2 is 1.85 bits per heavy atom. The third kappa shape index (κ3) is 5.78. The van der Waals surface area contributed by atoms with Crippen LogP contribution < -0.4 is 10.1 Å². The number of nitriles is 1. The predicted octanol–water partition coefficient (Wildman–Crippen LogP) is 3.70. The first kappa shape index (κ1) is 23.0. The van der Waals surface area contributed by atoms with E-state index >= 15 is 0 Å². The largest absolute Gasteiger partial charge is 0.415 e. The van der Waals surface area contributed by atoms with Gasteiger partial charge in [0.2, 0.25) is 0 Å². The van der Waals surface area contributed by atoms with E-state index in [0.717, 1.165) is 25.9 Å². The second-order valence-electron chi connectivity index (χ2n) is 8.18. The van der Waals surface area contributed by atoms with Crippen molar-refractivity contribution in [3.8, 4) is 11.8 Å². The maximum Gasteiger partial charge on any atom is 0.415 e. The van der Waals surface area contributed by atoms with Gasteiger partial charge in [0.25, 0.3) is 5.91 Å². The van der Waals surface area contributed by atoms with Crippen molar-refractivity contribution < 1.29 is 14.3 Å². The van der Waals surface area contributed by atoms with E-state index in [2.05, 4.69) is 20.2 Å². The fraction of sp³-hybridized carbons (Fsp3) is 0.435. The van der Waals surface area contributed by atoms with Crippen molar-refractivity contribution in [1.82, 2.24) is 19.8 Å². The molecule has 33 heavy (non-hydrogen) atoms. The second kappa shape index (κ2) is 10.6. The Labute approximate surface area is 197 Å². The molecule has 0 spiro atoms. The number of hydrogen-bond acceptors (Lipinski definition) is 7. The summed E-state index contributed by atoms with van der Waals surface area (Å²) in [6.45, 7) is 3.52. The van der Waals surface area contributed by atoms with E-state index in [4.69, 9.17) is 21.6 Å². The van der Waals surface area contributed by atoms with E-state index in [1.807, 2.05) is 6.07 Å². The molecule has 2 amide bonds. The Bertz CT molecular complexity index is 1040. The summed E-state index contributed by atoms with van der Waals surface area (Å²) in [6.07, 6.45) is 7.68. The number of halogens is 1. The van der Waals surface area contributed by atoms with Crippen LogP contribution in [0.15, 0.2) is 30.6 Å². The van der Waals surface area contributed by atoms with E-state index < -0.39 is 12.0 Å². The molecule has 1 N–H and O–H groups in total. The van der Waals surface area contributed by atoms with Gasteiger partial charge >= 0.3 is 6.09 Å². The van der Waals surface area contributed by atoms with Gasteiger partial charge in [-0.2, -0.15) is 5.26 Å². The van der Waals surface area contributed by atoms with Gasteiger partial charge in [-0.1, -0.05) is 18.0 Å². The zero-order valence-corrected chi connectivity index (χ0v) is 18.9. The summed E-state index contributed by atoms with van der Waals surface area (Å²) >= 11 is 6.08. The number of carbonyl (C=O) groups is 2. The highest BCUT2D eigenvalue weighted by Crippen LogP contribution is 2.26. The van der Waals surface area contributed by atoms with Crippen molar-refractivity contribution in [2.45, 2.75) is 38.1 Å². The Balaban J connectivity index is 1.39. The molecule has 0 aliphatic carbocycles. The summed E-state index contributed by atoms with van der Waals surface area (Å²) in [7, 11) is 0. The van der Waals surface area contributed by atoms with Crippen molar-refractivity contribution in [3.05, 3.63) is 46.9 Å². The van der Waals surface area contributed by atoms with E-state index in [0.29, 0.717) is 24.2 Å². The fourth-order valence-corrected chi connectivity index (χ4v) is 4.43. The molecule has 1 aromatic carbocycles. The smallest absolute Gasteiger partial charge is 0.409 e. The highest BCUT2D eigenvalue weighted by Gasteiger charge is 2.29. The number of ether oxygens (including phenoxy) is 1. The minimum absolute atomic E-state index is 0.102. The molecule has 4 rings (SSSR count).